The van der Waals surface area contributed by atoms with E-state index in [2.05, 4.69) is 10.1 Å². The average Bonchev–Trinajstić information content (AvgIpc) is 2.04. The Morgan fingerprint density at radius 3 is 2.75 bits per heavy atom. The number of methoxy groups -OCH3 is 1. The van der Waals surface area contributed by atoms with Crippen LogP contribution in [-0.4, -0.2) is 51.3 Å². The quantitative estimate of drug-likeness (QED) is 0.576. The van der Waals surface area contributed by atoms with Crippen molar-refractivity contribution in [1.82, 2.24) is 10.2 Å². The molecule has 0 saturated heterocycles. The van der Waals surface area contributed by atoms with Crippen LogP contribution >= 0.6 is 0 Å². The first-order valence-corrected chi connectivity index (χ1v) is 3.91. The van der Waals surface area contributed by atoms with Gasteiger partial charge >= 0.3 is 6.09 Å². The molecule has 1 amide bonds. The van der Waals surface area contributed by atoms with Crippen LogP contribution in [0.2, 0.25) is 0 Å². The molecule has 0 heterocycles. The lowest BCUT2D eigenvalue weighted by Gasteiger charge is -2.14. The predicted octanol–water partition coefficient (Wildman–Crippen LogP) is -0.767. The first kappa shape index (κ1) is 11.2. The highest BCUT2D eigenvalue weighted by atomic mass is 16.5. The monoisotopic (exact) mass is 175 g/mol. The van der Waals surface area contributed by atoms with Gasteiger partial charge in [-0.25, -0.2) is 4.79 Å². The number of likely N-dealkylation sites (N-methyl/N-ethyl adjacent to an activating group) is 1. The smallest absolute Gasteiger partial charge is 0.406 e. The number of ether oxygens (including phenoxy) is 1. The van der Waals surface area contributed by atoms with Gasteiger partial charge in [0.1, 0.15) is 0 Å². The molecule has 0 fully saturated rings. The van der Waals surface area contributed by atoms with Crippen LogP contribution in [0.4, 0.5) is 4.79 Å². The Balaban J connectivity index is 3.24. The number of hydrogen-bond donors (Lipinski definition) is 2. The number of alkyl carbamates (subject to hydrolysis) is 1. The number of amides is 1. The average molecular weight is 175 g/mol. The van der Waals surface area contributed by atoms with E-state index in [-0.39, 0.29) is 0 Å². The summed E-state index contributed by atoms with van der Waals surface area (Å²) in [6.45, 7) is 2.84. The Morgan fingerprint density at radius 1 is 1.58 bits per heavy atom. The summed E-state index contributed by atoms with van der Waals surface area (Å²) >= 11 is 0. The molecular formula is C7H17N3O2. The number of carbonyl (C=O) groups is 1. The second kappa shape index (κ2) is 6.87. The van der Waals surface area contributed by atoms with Gasteiger partial charge in [-0.05, 0) is 7.05 Å². The SMILES string of the molecule is COC(=O)NCCN(C)CCN. The van der Waals surface area contributed by atoms with Gasteiger partial charge in [0.15, 0.2) is 0 Å². The topological polar surface area (TPSA) is 67.6 Å². The van der Waals surface area contributed by atoms with Crippen LogP contribution in [0.25, 0.3) is 0 Å². The molecule has 5 heteroatoms. The molecule has 0 aromatic heterocycles. The molecule has 0 aliphatic heterocycles. The van der Waals surface area contributed by atoms with E-state index < -0.39 is 6.09 Å². The van der Waals surface area contributed by atoms with Crippen LogP contribution in [0.3, 0.4) is 0 Å². The second-order valence-electron chi connectivity index (χ2n) is 2.51. The van der Waals surface area contributed by atoms with Crippen molar-refractivity contribution in [1.29, 1.82) is 0 Å². The van der Waals surface area contributed by atoms with Crippen molar-refractivity contribution in [2.45, 2.75) is 0 Å². The van der Waals surface area contributed by atoms with E-state index in [1.165, 1.54) is 7.11 Å². The van der Waals surface area contributed by atoms with Crippen LogP contribution in [0.1, 0.15) is 0 Å². The lowest BCUT2D eigenvalue weighted by molar-refractivity contribution is 0.169. The van der Waals surface area contributed by atoms with Crippen molar-refractivity contribution in [2.24, 2.45) is 5.73 Å². The van der Waals surface area contributed by atoms with E-state index in [4.69, 9.17) is 5.73 Å². The minimum Gasteiger partial charge on any atom is -0.453 e. The van der Waals surface area contributed by atoms with Crippen molar-refractivity contribution in [3.05, 3.63) is 0 Å². The molecule has 0 unspecified atom stereocenters. The van der Waals surface area contributed by atoms with Crippen LogP contribution in [0.15, 0.2) is 0 Å². The van der Waals surface area contributed by atoms with E-state index >= 15 is 0 Å². The fourth-order valence-corrected chi connectivity index (χ4v) is 0.753. The zero-order valence-electron chi connectivity index (χ0n) is 7.67. The summed E-state index contributed by atoms with van der Waals surface area (Å²) in [5.41, 5.74) is 5.33. The maximum absolute atomic E-state index is 10.6. The Labute approximate surface area is 72.9 Å². The molecule has 0 saturated carbocycles. The molecule has 0 spiro atoms. The van der Waals surface area contributed by atoms with E-state index in [1.807, 2.05) is 11.9 Å². The lowest BCUT2D eigenvalue weighted by atomic mass is 10.5. The van der Waals surface area contributed by atoms with Gasteiger partial charge < -0.3 is 20.7 Å². The number of nitrogens with one attached hydrogen (secondary N) is 1. The summed E-state index contributed by atoms with van der Waals surface area (Å²) in [6.07, 6.45) is -0.392. The van der Waals surface area contributed by atoms with Crippen LogP contribution in [0.5, 0.6) is 0 Å². The van der Waals surface area contributed by atoms with Crippen LogP contribution < -0.4 is 11.1 Å². The van der Waals surface area contributed by atoms with Crippen molar-refractivity contribution < 1.29 is 9.53 Å². The number of nitrogens with zero attached hydrogens (tertiary/aromatic N) is 1. The maximum atomic E-state index is 10.6. The molecule has 0 rings (SSSR count). The minimum atomic E-state index is -0.392. The third kappa shape index (κ3) is 5.94. The Morgan fingerprint density at radius 2 is 2.25 bits per heavy atom. The van der Waals surface area contributed by atoms with Gasteiger partial charge in [-0.2, -0.15) is 0 Å². The minimum absolute atomic E-state index is 0.392. The molecule has 12 heavy (non-hydrogen) atoms. The Kier molecular flexibility index (Phi) is 6.41. The highest BCUT2D eigenvalue weighted by Gasteiger charge is 1.99. The summed E-state index contributed by atoms with van der Waals surface area (Å²) < 4.78 is 4.40. The molecule has 3 N–H and O–H groups in total. The van der Waals surface area contributed by atoms with E-state index in [0.29, 0.717) is 13.1 Å². The summed E-state index contributed by atoms with van der Waals surface area (Å²) in [7, 11) is 3.30. The Bertz CT molecular complexity index is 130. The fraction of sp³-hybridized carbons (Fsp3) is 0.857. The van der Waals surface area contributed by atoms with Gasteiger partial charge in [0.05, 0.1) is 7.11 Å². The first-order valence-electron chi connectivity index (χ1n) is 3.91. The molecule has 0 aromatic carbocycles. The molecule has 0 aliphatic rings. The summed E-state index contributed by atoms with van der Waals surface area (Å²) in [4.78, 5) is 12.6. The summed E-state index contributed by atoms with van der Waals surface area (Å²) in [5.74, 6) is 0. The zero-order valence-corrected chi connectivity index (χ0v) is 7.67. The van der Waals surface area contributed by atoms with Gasteiger partial charge in [0, 0.05) is 26.2 Å². The molecule has 0 aliphatic carbocycles. The molecule has 72 valence electrons. The fourth-order valence-electron chi connectivity index (χ4n) is 0.753. The Hall–Kier alpha value is -0.810. The van der Waals surface area contributed by atoms with Crippen LogP contribution in [-0.2, 0) is 4.74 Å². The number of carbonyl (C=O) groups excluding carboxylic acids is 1. The van der Waals surface area contributed by atoms with Crippen molar-refractivity contribution in [2.75, 3.05) is 40.3 Å². The van der Waals surface area contributed by atoms with Gasteiger partial charge in [-0.3, -0.25) is 0 Å². The van der Waals surface area contributed by atoms with E-state index in [9.17, 15) is 4.79 Å². The van der Waals surface area contributed by atoms with Gasteiger partial charge in [0.25, 0.3) is 0 Å². The van der Waals surface area contributed by atoms with Crippen molar-refractivity contribution in [3.8, 4) is 0 Å². The van der Waals surface area contributed by atoms with Gasteiger partial charge in [-0.15, -0.1) is 0 Å². The molecule has 0 atom stereocenters. The third-order valence-corrected chi connectivity index (χ3v) is 1.46. The van der Waals surface area contributed by atoms with Crippen molar-refractivity contribution >= 4 is 6.09 Å². The van der Waals surface area contributed by atoms with E-state index in [0.717, 1.165) is 13.1 Å². The van der Waals surface area contributed by atoms with Gasteiger partial charge in [-0.1, -0.05) is 0 Å². The largest absolute Gasteiger partial charge is 0.453 e. The van der Waals surface area contributed by atoms with Crippen LogP contribution in [0, 0.1) is 0 Å². The number of hydrogen-bond acceptors (Lipinski definition) is 4. The third-order valence-electron chi connectivity index (χ3n) is 1.46. The van der Waals surface area contributed by atoms with Crippen molar-refractivity contribution in [3.63, 3.8) is 0 Å². The molecule has 5 nitrogen and oxygen atoms in total. The number of rotatable bonds is 5. The number of nitrogens with two attached hydrogens (primary N) is 1. The normalized spacial score (nSPS) is 10.0. The first-order chi connectivity index (χ1) is 5.70. The molecule has 0 aromatic rings. The highest BCUT2D eigenvalue weighted by Crippen LogP contribution is 1.78. The molecular weight excluding hydrogens is 158 g/mol. The predicted molar refractivity (Wildman–Crippen MR) is 47.0 cm³/mol. The van der Waals surface area contributed by atoms with E-state index in [1.54, 1.807) is 0 Å². The standard InChI is InChI=1S/C7H17N3O2/c1-10(5-3-8)6-4-9-7(11)12-2/h3-6,8H2,1-2H3,(H,9,11). The lowest BCUT2D eigenvalue weighted by Crippen LogP contribution is -2.35. The second-order valence-corrected chi connectivity index (χ2v) is 2.51. The summed E-state index contributed by atoms with van der Waals surface area (Å²) in [6, 6.07) is 0. The molecule has 0 radical (unpaired) electrons. The van der Waals surface area contributed by atoms with Gasteiger partial charge in [0.2, 0.25) is 0 Å². The highest BCUT2D eigenvalue weighted by molar-refractivity contribution is 5.66. The zero-order chi connectivity index (χ0) is 9.40. The summed E-state index contributed by atoms with van der Waals surface area (Å²) in [5, 5.41) is 2.58. The maximum Gasteiger partial charge on any atom is 0.406 e. The molecule has 0 bridgehead atoms.